The summed E-state index contributed by atoms with van der Waals surface area (Å²) in [5, 5.41) is 13.1. The summed E-state index contributed by atoms with van der Waals surface area (Å²) < 4.78 is 18.9. The van der Waals surface area contributed by atoms with E-state index >= 15 is 0 Å². The molecule has 1 aromatic carbocycles. The summed E-state index contributed by atoms with van der Waals surface area (Å²) in [4.78, 5) is 19.5. The number of ether oxygens (including phenoxy) is 1. The highest BCUT2D eigenvalue weighted by atomic mass is 19.1. The Kier molecular flexibility index (Phi) is 2.98. The normalized spacial score (nSPS) is 10.8. The van der Waals surface area contributed by atoms with Crippen LogP contribution in [0.4, 0.5) is 4.39 Å². The van der Waals surface area contributed by atoms with E-state index in [9.17, 15) is 14.3 Å². The lowest BCUT2D eigenvalue weighted by molar-refractivity contribution is 0.0687. The van der Waals surface area contributed by atoms with E-state index in [1.165, 1.54) is 37.4 Å². The van der Waals surface area contributed by atoms with E-state index in [0.29, 0.717) is 11.3 Å². The van der Waals surface area contributed by atoms with Gasteiger partial charge >= 0.3 is 12.0 Å². The highest BCUT2D eigenvalue weighted by Gasteiger charge is 2.16. The van der Waals surface area contributed by atoms with Crippen molar-refractivity contribution in [3.05, 3.63) is 41.8 Å². The third-order valence-electron chi connectivity index (χ3n) is 2.83. The fourth-order valence-electron chi connectivity index (χ4n) is 1.86. The van der Waals surface area contributed by atoms with Gasteiger partial charge in [0.15, 0.2) is 5.69 Å². The SMILES string of the molecule is COc1nc2nc(-c3ccc(F)cc3)cc(C(=O)O)n2n1. The number of nitrogens with zero attached hydrogens (tertiary/aromatic N) is 4. The van der Waals surface area contributed by atoms with Crippen LogP contribution < -0.4 is 4.74 Å². The van der Waals surface area contributed by atoms with Crippen LogP contribution in [0, 0.1) is 5.82 Å². The van der Waals surface area contributed by atoms with Crippen LogP contribution in [0.3, 0.4) is 0 Å². The predicted octanol–water partition coefficient (Wildman–Crippen LogP) is 1.64. The van der Waals surface area contributed by atoms with Crippen molar-refractivity contribution in [2.45, 2.75) is 0 Å². The average Bonchev–Trinajstić information content (AvgIpc) is 2.89. The number of halogens is 1. The zero-order valence-corrected chi connectivity index (χ0v) is 10.8. The van der Waals surface area contributed by atoms with Gasteiger partial charge in [0, 0.05) is 5.56 Å². The van der Waals surface area contributed by atoms with Crippen molar-refractivity contribution in [2.75, 3.05) is 7.11 Å². The van der Waals surface area contributed by atoms with Crippen molar-refractivity contribution in [1.82, 2.24) is 19.6 Å². The zero-order chi connectivity index (χ0) is 15.0. The molecule has 2 aromatic heterocycles. The van der Waals surface area contributed by atoms with E-state index in [0.717, 1.165) is 4.52 Å². The minimum Gasteiger partial charge on any atom is -0.477 e. The highest BCUT2D eigenvalue weighted by molar-refractivity contribution is 5.87. The minimum absolute atomic E-state index is 0.0151. The molecule has 0 aliphatic heterocycles. The van der Waals surface area contributed by atoms with Crippen LogP contribution in [0.25, 0.3) is 17.0 Å². The van der Waals surface area contributed by atoms with Gasteiger partial charge in [-0.2, -0.15) is 9.50 Å². The van der Waals surface area contributed by atoms with Gasteiger partial charge in [0.05, 0.1) is 12.8 Å². The van der Waals surface area contributed by atoms with Crippen molar-refractivity contribution in [2.24, 2.45) is 0 Å². The fraction of sp³-hybridized carbons (Fsp3) is 0.0769. The van der Waals surface area contributed by atoms with E-state index in [1.54, 1.807) is 0 Å². The minimum atomic E-state index is -1.18. The number of benzene rings is 1. The summed E-state index contributed by atoms with van der Waals surface area (Å²) in [6.45, 7) is 0. The molecule has 0 radical (unpaired) electrons. The van der Waals surface area contributed by atoms with E-state index in [-0.39, 0.29) is 23.3 Å². The van der Waals surface area contributed by atoms with E-state index in [4.69, 9.17) is 4.74 Å². The quantitative estimate of drug-likeness (QED) is 0.788. The molecule has 0 aliphatic rings. The molecule has 0 amide bonds. The van der Waals surface area contributed by atoms with Crippen LogP contribution >= 0.6 is 0 Å². The Morgan fingerprint density at radius 3 is 2.62 bits per heavy atom. The fourth-order valence-corrected chi connectivity index (χ4v) is 1.86. The molecule has 0 fully saturated rings. The van der Waals surface area contributed by atoms with Gasteiger partial charge in [-0.15, -0.1) is 5.10 Å². The molecule has 1 N–H and O–H groups in total. The van der Waals surface area contributed by atoms with Crippen LogP contribution in [0.1, 0.15) is 10.5 Å². The molecule has 3 aromatic rings. The largest absolute Gasteiger partial charge is 0.477 e. The number of fused-ring (bicyclic) bond motifs is 1. The van der Waals surface area contributed by atoms with Gasteiger partial charge in [-0.1, -0.05) is 0 Å². The maximum absolute atomic E-state index is 13.0. The molecule has 8 heteroatoms. The van der Waals surface area contributed by atoms with Gasteiger partial charge in [0.2, 0.25) is 0 Å². The molecule has 0 bridgehead atoms. The number of hydrogen-bond acceptors (Lipinski definition) is 5. The first-order chi connectivity index (χ1) is 10.1. The number of methoxy groups -OCH3 is 1. The number of aromatic nitrogens is 4. The lowest BCUT2D eigenvalue weighted by atomic mass is 10.1. The smallest absolute Gasteiger partial charge is 0.354 e. The highest BCUT2D eigenvalue weighted by Crippen LogP contribution is 2.20. The third kappa shape index (κ3) is 2.27. The number of aromatic carboxylic acids is 1. The second kappa shape index (κ2) is 4.82. The monoisotopic (exact) mass is 288 g/mol. The molecule has 0 unspecified atom stereocenters. The Balaban J connectivity index is 2.24. The van der Waals surface area contributed by atoms with Crippen LogP contribution in [-0.2, 0) is 0 Å². The Bertz CT molecular complexity index is 829. The van der Waals surface area contributed by atoms with Crippen molar-refractivity contribution < 1.29 is 19.0 Å². The second-order valence-corrected chi connectivity index (χ2v) is 4.15. The van der Waals surface area contributed by atoms with E-state index in [2.05, 4.69) is 15.1 Å². The summed E-state index contributed by atoms with van der Waals surface area (Å²) in [5.74, 6) is -1.48. The molecule has 106 valence electrons. The van der Waals surface area contributed by atoms with Gasteiger partial charge in [-0.05, 0) is 30.3 Å². The second-order valence-electron chi connectivity index (χ2n) is 4.15. The summed E-state index contributed by atoms with van der Waals surface area (Å²) >= 11 is 0. The number of carboxylic acids is 1. The van der Waals surface area contributed by atoms with E-state index < -0.39 is 5.97 Å². The number of carboxylic acid groups (broad SMARTS) is 1. The molecule has 0 spiro atoms. The summed E-state index contributed by atoms with van der Waals surface area (Å²) in [5.41, 5.74) is 0.813. The first-order valence-corrected chi connectivity index (χ1v) is 5.89. The van der Waals surface area contributed by atoms with Gasteiger partial charge in [0.25, 0.3) is 5.78 Å². The summed E-state index contributed by atoms with van der Waals surface area (Å²) in [6, 6.07) is 6.91. The summed E-state index contributed by atoms with van der Waals surface area (Å²) in [7, 11) is 1.37. The van der Waals surface area contributed by atoms with Gasteiger partial charge in [-0.25, -0.2) is 14.2 Å². The standard InChI is InChI=1S/C13H9FN4O3/c1-21-13-16-12-15-9(7-2-4-8(14)5-3-7)6-10(11(19)20)18(12)17-13/h2-6H,1H3,(H,19,20). The lowest BCUT2D eigenvalue weighted by Crippen LogP contribution is -2.08. The average molecular weight is 288 g/mol. The predicted molar refractivity (Wildman–Crippen MR) is 69.7 cm³/mol. The molecule has 7 nitrogen and oxygen atoms in total. The number of hydrogen-bond donors (Lipinski definition) is 1. The zero-order valence-electron chi connectivity index (χ0n) is 10.8. The third-order valence-corrected chi connectivity index (χ3v) is 2.83. The molecule has 0 aliphatic carbocycles. The molecular weight excluding hydrogens is 279 g/mol. The van der Waals surface area contributed by atoms with Crippen LogP contribution in [-0.4, -0.2) is 37.8 Å². The van der Waals surface area contributed by atoms with Crippen molar-refractivity contribution in [3.8, 4) is 17.3 Å². The van der Waals surface area contributed by atoms with E-state index in [1.807, 2.05) is 0 Å². The maximum Gasteiger partial charge on any atom is 0.354 e. The molecule has 0 saturated heterocycles. The number of rotatable bonds is 3. The summed E-state index contributed by atoms with van der Waals surface area (Å²) in [6.07, 6.45) is 0. The van der Waals surface area contributed by atoms with Crippen molar-refractivity contribution >= 4 is 11.7 Å². The maximum atomic E-state index is 13.0. The molecular formula is C13H9FN4O3. The topological polar surface area (TPSA) is 89.6 Å². The molecule has 3 rings (SSSR count). The Morgan fingerprint density at radius 1 is 1.29 bits per heavy atom. The van der Waals surface area contributed by atoms with Gasteiger partial charge < -0.3 is 9.84 Å². The molecule has 0 atom stereocenters. The Hall–Kier alpha value is -3.03. The first-order valence-electron chi connectivity index (χ1n) is 5.89. The lowest BCUT2D eigenvalue weighted by Gasteiger charge is -2.04. The molecule has 0 saturated carbocycles. The molecule has 21 heavy (non-hydrogen) atoms. The van der Waals surface area contributed by atoms with Crippen molar-refractivity contribution in [1.29, 1.82) is 0 Å². The first kappa shape index (κ1) is 13.0. The number of carbonyl (C=O) groups is 1. The van der Waals surface area contributed by atoms with Crippen LogP contribution in [0.2, 0.25) is 0 Å². The van der Waals surface area contributed by atoms with Crippen molar-refractivity contribution in [3.63, 3.8) is 0 Å². The molecule has 2 heterocycles. The van der Waals surface area contributed by atoms with Crippen LogP contribution in [0.5, 0.6) is 6.01 Å². The van der Waals surface area contributed by atoms with Crippen LogP contribution in [0.15, 0.2) is 30.3 Å². The Labute approximate surface area is 117 Å². The van der Waals surface area contributed by atoms with Gasteiger partial charge in [-0.3, -0.25) is 0 Å². The van der Waals surface area contributed by atoms with Gasteiger partial charge in [0.1, 0.15) is 5.82 Å². The Morgan fingerprint density at radius 2 is 2.00 bits per heavy atom.